The Morgan fingerprint density at radius 3 is 2.41 bits per heavy atom. The van der Waals surface area contributed by atoms with E-state index in [1.165, 1.54) is 0 Å². The fourth-order valence-electron chi connectivity index (χ4n) is 4.00. The lowest BCUT2D eigenvalue weighted by atomic mass is 9.76. The van der Waals surface area contributed by atoms with Crippen molar-refractivity contribution in [3.63, 3.8) is 0 Å². The Hall–Kier alpha value is -1.06. The van der Waals surface area contributed by atoms with Gasteiger partial charge in [0.25, 0.3) is 0 Å². The van der Waals surface area contributed by atoms with Crippen molar-refractivity contribution in [3.8, 4) is 0 Å². The third-order valence-corrected chi connectivity index (χ3v) is 4.47. The quantitative estimate of drug-likeness (QED) is 0.776. The Morgan fingerprint density at radius 1 is 1.24 bits per heavy atom. The molecule has 2 amide bonds. The second-order valence-corrected chi connectivity index (χ2v) is 5.65. The Morgan fingerprint density at radius 2 is 1.94 bits per heavy atom. The van der Waals surface area contributed by atoms with Gasteiger partial charge in [0.05, 0.1) is 0 Å². The summed E-state index contributed by atoms with van der Waals surface area (Å²) in [5.74, 6) is 1.14. The van der Waals surface area contributed by atoms with E-state index in [2.05, 4.69) is 17.6 Å². The van der Waals surface area contributed by atoms with Crippen LogP contribution in [0.25, 0.3) is 0 Å². The summed E-state index contributed by atoms with van der Waals surface area (Å²) in [4.78, 5) is 22.6. The van der Waals surface area contributed by atoms with Crippen LogP contribution < -0.4 is 10.6 Å². The molecule has 0 heterocycles. The highest BCUT2D eigenvalue weighted by atomic mass is 16.2. The second-order valence-electron chi connectivity index (χ2n) is 5.65. The average molecular weight is 238 g/mol. The SMILES string of the molecule is CC[C@@]1(NC(C)=O)C[C@H]2C[C@@H]1[C@H](NC(C)=O)C2. The zero-order chi connectivity index (χ0) is 12.6. The molecule has 0 saturated heterocycles. The summed E-state index contributed by atoms with van der Waals surface area (Å²) in [5.41, 5.74) is -0.0815. The van der Waals surface area contributed by atoms with E-state index < -0.39 is 0 Å². The van der Waals surface area contributed by atoms with E-state index in [-0.39, 0.29) is 23.4 Å². The van der Waals surface area contributed by atoms with Gasteiger partial charge < -0.3 is 10.6 Å². The highest BCUT2D eigenvalue weighted by Crippen LogP contribution is 2.52. The Balaban J connectivity index is 2.14. The number of carbonyl (C=O) groups is 2. The number of carbonyl (C=O) groups excluding carboxylic acids is 2. The predicted octanol–water partition coefficient (Wildman–Crippen LogP) is 1.21. The summed E-state index contributed by atoms with van der Waals surface area (Å²) < 4.78 is 0. The van der Waals surface area contributed by atoms with Crippen LogP contribution in [0.5, 0.6) is 0 Å². The molecule has 0 radical (unpaired) electrons. The van der Waals surface area contributed by atoms with E-state index in [1.807, 2.05) is 0 Å². The monoisotopic (exact) mass is 238 g/mol. The van der Waals surface area contributed by atoms with Crippen LogP contribution in [0.4, 0.5) is 0 Å². The minimum absolute atomic E-state index is 0.0374. The Kier molecular flexibility index (Phi) is 3.15. The van der Waals surface area contributed by atoms with Crippen LogP contribution in [0.3, 0.4) is 0 Å². The molecule has 0 unspecified atom stereocenters. The molecule has 4 atom stereocenters. The van der Waals surface area contributed by atoms with Gasteiger partial charge in [-0.2, -0.15) is 0 Å². The van der Waals surface area contributed by atoms with Crippen LogP contribution in [-0.4, -0.2) is 23.4 Å². The molecule has 0 aromatic rings. The van der Waals surface area contributed by atoms with Gasteiger partial charge in [-0.1, -0.05) is 6.92 Å². The summed E-state index contributed by atoms with van der Waals surface area (Å²) in [5, 5.41) is 6.19. The molecule has 2 N–H and O–H groups in total. The first-order chi connectivity index (χ1) is 7.97. The van der Waals surface area contributed by atoms with Gasteiger partial charge in [-0.3, -0.25) is 9.59 Å². The van der Waals surface area contributed by atoms with Crippen molar-refractivity contribution < 1.29 is 9.59 Å². The van der Waals surface area contributed by atoms with Crippen LogP contribution in [0.2, 0.25) is 0 Å². The third kappa shape index (κ3) is 2.17. The molecule has 2 bridgehead atoms. The van der Waals surface area contributed by atoms with Crippen LogP contribution in [0.1, 0.15) is 46.5 Å². The normalized spacial score (nSPS) is 39.1. The number of rotatable bonds is 3. The van der Waals surface area contributed by atoms with Crippen molar-refractivity contribution in [2.24, 2.45) is 11.8 Å². The van der Waals surface area contributed by atoms with E-state index >= 15 is 0 Å². The topological polar surface area (TPSA) is 58.2 Å². The highest BCUT2D eigenvalue weighted by molar-refractivity contribution is 5.74. The number of nitrogens with one attached hydrogen (secondary N) is 2. The average Bonchev–Trinajstić information content (AvgIpc) is 2.73. The first-order valence-electron chi connectivity index (χ1n) is 6.52. The highest BCUT2D eigenvalue weighted by Gasteiger charge is 2.55. The molecule has 4 nitrogen and oxygen atoms in total. The van der Waals surface area contributed by atoms with Crippen LogP contribution in [-0.2, 0) is 9.59 Å². The summed E-state index contributed by atoms with van der Waals surface area (Å²) in [6, 6.07) is 0.248. The zero-order valence-corrected chi connectivity index (χ0v) is 10.9. The molecule has 0 aliphatic heterocycles. The van der Waals surface area contributed by atoms with Crippen molar-refractivity contribution in [1.29, 1.82) is 0 Å². The summed E-state index contributed by atoms with van der Waals surface area (Å²) in [6.07, 6.45) is 4.23. The summed E-state index contributed by atoms with van der Waals surface area (Å²) in [7, 11) is 0. The van der Waals surface area contributed by atoms with Gasteiger partial charge in [0, 0.05) is 31.3 Å². The maximum Gasteiger partial charge on any atom is 0.217 e. The molecular weight excluding hydrogens is 216 g/mol. The predicted molar refractivity (Wildman–Crippen MR) is 65.3 cm³/mol. The van der Waals surface area contributed by atoms with E-state index in [1.54, 1.807) is 13.8 Å². The molecule has 96 valence electrons. The van der Waals surface area contributed by atoms with Crippen LogP contribution in [0.15, 0.2) is 0 Å². The summed E-state index contributed by atoms with van der Waals surface area (Å²) in [6.45, 7) is 5.27. The van der Waals surface area contributed by atoms with Crippen molar-refractivity contribution in [3.05, 3.63) is 0 Å². The maximum absolute atomic E-state index is 11.4. The van der Waals surface area contributed by atoms with Gasteiger partial charge in [0.15, 0.2) is 0 Å². The van der Waals surface area contributed by atoms with E-state index in [9.17, 15) is 9.59 Å². The maximum atomic E-state index is 11.4. The number of hydrogen-bond acceptors (Lipinski definition) is 2. The van der Waals surface area contributed by atoms with Crippen molar-refractivity contribution in [2.75, 3.05) is 0 Å². The molecule has 0 aromatic heterocycles. The van der Waals surface area contributed by atoms with Crippen molar-refractivity contribution in [1.82, 2.24) is 10.6 Å². The fraction of sp³-hybridized carbons (Fsp3) is 0.846. The first kappa shape index (κ1) is 12.4. The largest absolute Gasteiger partial charge is 0.353 e. The summed E-state index contributed by atoms with van der Waals surface area (Å²) >= 11 is 0. The lowest BCUT2D eigenvalue weighted by Crippen LogP contribution is -2.57. The van der Waals surface area contributed by atoms with Gasteiger partial charge in [-0.05, 0) is 31.6 Å². The molecule has 2 aliphatic rings. The van der Waals surface area contributed by atoms with Gasteiger partial charge in [-0.15, -0.1) is 0 Å². The number of fused-ring (bicyclic) bond motifs is 2. The first-order valence-corrected chi connectivity index (χ1v) is 6.52. The molecule has 4 heteroatoms. The minimum atomic E-state index is -0.0815. The van der Waals surface area contributed by atoms with E-state index in [0.717, 1.165) is 25.7 Å². The lowest BCUT2D eigenvalue weighted by Gasteiger charge is -2.41. The van der Waals surface area contributed by atoms with Crippen molar-refractivity contribution in [2.45, 2.75) is 58.0 Å². The molecule has 0 spiro atoms. The minimum Gasteiger partial charge on any atom is -0.353 e. The molecule has 17 heavy (non-hydrogen) atoms. The Bertz CT molecular complexity index is 342. The molecule has 2 saturated carbocycles. The standard InChI is InChI=1S/C13H22N2O2/c1-4-13(15-9(3)17)7-10-5-11(13)12(6-10)14-8(2)16/h10-12H,4-7H2,1-3H3,(H,14,16)(H,15,17)/t10-,11+,12+,13+/m0/s1. The number of hydrogen-bond donors (Lipinski definition) is 2. The van der Waals surface area contributed by atoms with Crippen LogP contribution >= 0.6 is 0 Å². The van der Waals surface area contributed by atoms with Gasteiger partial charge >= 0.3 is 0 Å². The van der Waals surface area contributed by atoms with E-state index in [4.69, 9.17) is 0 Å². The zero-order valence-electron chi connectivity index (χ0n) is 10.9. The molecule has 2 fully saturated rings. The Labute approximate surface area is 103 Å². The van der Waals surface area contributed by atoms with Crippen LogP contribution in [0, 0.1) is 11.8 Å². The molecule has 2 rings (SSSR count). The molecular formula is C13H22N2O2. The molecule has 2 aliphatic carbocycles. The van der Waals surface area contributed by atoms with Gasteiger partial charge in [-0.25, -0.2) is 0 Å². The van der Waals surface area contributed by atoms with E-state index in [0.29, 0.717) is 11.8 Å². The third-order valence-electron chi connectivity index (χ3n) is 4.47. The van der Waals surface area contributed by atoms with Gasteiger partial charge in [0.2, 0.25) is 11.8 Å². The van der Waals surface area contributed by atoms with Gasteiger partial charge in [0.1, 0.15) is 0 Å². The number of amides is 2. The fourth-order valence-corrected chi connectivity index (χ4v) is 4.00. The van der Waals surface area contributed by atoms with Crippen molar-refractivity contribution >= 4 is 11.8 Å². The second kappa shape index (κ2) is 4.31. The lowest BCUT2D eigenvalue weighted by molar-refractivity contribution is -0.122. The molecule has 0 aromatic carbocycles. The smallest absolute Gasteiger partial charge is 0.217 e.